The maximum Gasteiger partial charge on any atom is 0.359 e. The summed E-state index contributed by atoms with van der Waals surface area (Å²) in [6, 6.07) is 8.20. The Kier molecular flexibility index (Phi) is 8.75. The molecule has 5 nitrogen and oxygen atoms in total. The third-order valence-electron chi connectivity index (χ3n) is 3.25. The highest BCUT2D eigenvalue weighted by atomic mass is 28.3. The number of methoxy groups -OCH3 is 2. The van der Waals surface area contributed by atoms with E-state index in [-0.39, 0.29) is 12.6 Å². The van der Waals surface area contributed by atoms with Crippen LogP contribution in [0.3, 0.4) is 0 Å². The van der Waals surface area contributed by atoms with Crippen molar-refractivity contribution in [3.8, 4) is 0 Å². The van der Waals surface area contributed by atoms with Gasteiger partial charge in [-0.05, 0) is 44.0 Å². The van der Waals surface area contributed by atoms with Crippen LogP contribution in [0.2, 0.25) is 0 Å². The number of hydrogen-bond acceptors (Lipinski definition) is 5. The van der Waals surface area contributed by atoms with Gasteiger partial charge in [-0.3, -0.25) is 0 Å². The van der Waals surface area contributed by atoms with E-state index >= 15 is 0 Å². The van der Waals surface area contributed by atoms with Gasteiger partial charge in [0.25, 0.3) is 0 Å². The number of ether oxygens (including phenoxy) is 2. The van der Waals surface area contributed by atoms with Gasteiger partial charge in [-0.15, -0.1) is 0 Å². The van der Waals surface area contributed by atoms with Gasteiger partial charge in [0.1, 0.15) is 12.6 Å². The van der Waals surface area contributed by atoms with Gasteiger partial charge in [-0.25, -0.2) is 0 Å². The predicted octanol–water partition coefficient (Wildman–Crippen LogP) is 1.02. The van der Waals surface area contributed by atoms with Crippen molar-refractivity contribution in [2.75, 3.05) is 20.8 Å². The monoisotopic (exact) mass is 313 g/mol. The van der Waals surface area contributed by atoms with E-state index in [1.807, 2.05) is 26.0 Å². The summed E-state index contributed by atoms with van der Waals surface area (Å²) in [6.07, 6.45) is 1.24. The maximum absolute atomic E-state index is 5.96. The average Bonchev–Trinajstić information content (AvgIpc) is 2.52. The van der Waals surface area contributed by atoms with Crippen molar-refractivity contribution < 1.29 is 18.3 Å². The van der Waals surface area contributed by atoms with E-state index in [1.54, 1.807) is 14.2 Å². The number of benzene rings is 1. The van der Waals surface area contributed by atoms with Crippen molar-refractivity contribution in [3.05, 3.63) is 29.8 Å². The SMILES string of the molecule is COC(C)O[SiH](OC(C)OC)c1ccccc1CCCN. The second-order valence-electron chi connectivity index (χ2n) is 4.80. The van der Waals surface area contributed by atoms with E-state index < -0.39 is 9.28 Å². The predicted molar refractivity (Wildman–Crippen MR) is 85.7 cm³/mol. The molecule has 0 heterocycles. The Labute approximate surface area is 129 Å². The van der Waals surface area contributed by atoms with E-state index in [0.29, 0.717) is 6.54 Å². The van der Waals surface area contributed by atoms with Gasteiger partial charge in [0.05, 0.1) is 0 Å². The van der Waals surface area contributed by atoms with Gasteiger partial charge >= 0.3 is 9.28 Å². The Hall–Kier alpha value is -0.763. The molecule has 0 radical (unpaired) electrons. The molecule has 0 aliphatic heterocycles. The van der Waals surface area contributed by atoms with E-state index in [4.69, 9.17) is 24.1 Å². The first-order valence-corrected chi connectivity index (χ1v) is 8.78. The van der Waals surface area contributed by atoms with Crippen LogP contribution in [0, 0.1) is 0 Å². The van der Waals surface area contributed by atoms with Crippen molar-refractivity contribution in [2.24, 2.45) is 5.73 Å². The van der Waals surface area contributed by atoms with Crippen LogP contribution in [0.25, 0.3) is 0 Å². The minimum atomic E-state index is -2.12. The molecule has 6 heteroatoms. The van der Waals surface area contributed by atoms with Crippen molar-refractivity contribution in [3.63, 3.8) is 0 Å². The highest BCUT2D eigenvalue weighted by molar-refractivity contribution is 6.61. The van der Waals surface area contributed by atoms with Crippen LogP contribution < -0.4 is 10.9 Å². The first kappa shape index (κ1) is 18.3. The topological polar surface area (TPSA) is 62.9 Å². The van der Waals surface area contributed by atoms with E-state index in [2.05, 4.69) is 12.1 Å². The lowest BCUT2D eigenvalue weighted by Gasteiger charge is -2.25. The van der Waals surface area contributed by atoms with E-state index in [1.165, 1.54) is 5.56 Å². The minimum Gasteiger partial charge on any atom is -0.367 e. The normalized spacial score (nSPS) is 15.7. The fourth-order valence-corrected chi connectivity index (χ4v) is 4.01. The molecule has 0 amide bonds. The van der Waals surface area contributed by atoms with Gasteiger partial charge < -0.3 is 24.1 Å². The Bertz CT molecular complexity index is 393. The first-order valence-electron chi connectivity index (χ1n) is 7.26. The van der Waals surface area contributed by atoms with Crippen molar-refractivity contribution in [1.82, 2.24) is 0 Å². The molecule has 0 saturated heterocycles. The summed E-state index contributed by atoms with van der Waals surface area (Å²) < 4.78 is 22.3. The first-order chi connectivity index (χ1) is 10.1. The fourth-order valence-electron chi connectivity index (χ4n) is 1.92. The zero-order valence-corrected chi connectivity index (χ0v) is 14.5. The van der Waals surface area contributed by atoms with Crippen LogP contribution >= 0.6 is 0 Å². The molecule has 0 bridgehead atoms. The summed E-state index contributed by atoms with van der Waals surface area (Å²) in [4.78, 5) is 0. The van der Waals surface area contributed by atoms with E-state index in [0.717, 1.165) is 18.0 Å². The van der Waals surface area contributed by atoms with Crippen molar-refractivity contribution in [2.45, 2.75) is 39.3 Å². The summed E-state index contributed by atoms with van der Waals surface area (Å²) in [5.41, 5.74) is 6.84. The molecule has 120 valence electrons. The van der Waals surface area contributed by atoms with Crippen LogP contribution in [0.1, 0.15) is 25.8 Å². The second kappa shape index (κ2) is 10.0. The molecule has 0 aliphatic carbocycles. The third kappa shape index (κ3) is 6.25. The van der Waals surface area contributed by atoms with Crippen LogP contribution in [0.15, 0.2) is 24.3 Å². The summed E-state index contributed by atoms with van der Waals surface area (Å²) in [5.74, 6) is 0. The fraction of sp³-hybridized carbons (Fsp3) is 0.600. The van der Waals surface area contributed by atoms with Crippen molar-refractivity contribution in [1.29, 1.82) is 0 Å². The molecular formula is C15H27NO4Si. The van der Waals surface area contributed by atoms with Crippen LogP contribution in [0.5, 0.6) is 0 Å². The Morgan fingerprint density at radius 2 is 1.62 bits per heavy atom. The quantitative estimate of drug-likeness (QED) is 0.516. The molecular weight excluding hydrogens is 286 g/mol. The molecule has 1 aromatic carbocycles. The number of nitrogens with two attached hydrogens (primary N) is 1. The number of hydrogen-bond donors (Lipinski definition) is 1. The lowest BCUT2D eigenvalue weighted by molar-refractivity contribution is -0.0896. The summed E-state index contributed by atoms with van der Waals surface area (Å²) in [5, 5.41) is 1.12. The smallest absolute Gasteiger partial charge is 0.359 e. The highest BCUT2D eigenvalue weighted by Crippen LogP contribution is 2.08. The molecule has 0 aliphatic rings. The van der Waals surface area contributed by atoms with Gasteiger partial charge in [-0.1, -0.05) is 24.3 Å². The van der Waals surface area contributed by atoms with Crippen LogP contribution in [-0.4, -0.2) is 42.6 Å². The average molecular weight is 313 g/mol. The Balaban J connectivity index is 2.94. The lowest BCUT2D eigenvalue weighted by Crippen LogP contribution is -2.44. The Morgan fingerprint density at radius 1 is 1.05 bits per heavy atom. The van der Waals surface area contributed by atoms with Crippen LogP contribution in [-0.2, 0) is 24.7 Å². The zero-order chi connectivity index (χ0) is 15.7. The standard InChI is InChI=1S/C15H27NO4Si/c1-12(17-3)19-21(20-13(2)18-4)15-10-6-5-8-14(15)9-7-11-16/h5-6,8,10,12-13,21H,7,9,11,16H2,1-4H3. The van der Waals surface area contributed by atoms with Crippen molar-refractivity contribution >= 4 is 14.5 Å². The molecule has 0 saturated carbocycles. The van der Waals surface area contributed by atoms with Gasteiger partial charge in [-0.2, -0.15) is 0 Å². The van der Waals surface area contributed by atoms with Crippen LogP contribution in [0.4, 0.5) is 0 Å². The zero-order valence-electron chi connectivity index (χ0n) is 13.4. The molecule has 21 heavy (non-hydrogen) atoms. The minimum absolute atomic E-state index is 0.312. The molecule has 0 aromatic heterocycles. The molecule has 2 unspecified atom stereocenters. The molecule has 2 N–H and O–H groups in total. The lowest BCUT2D eigenvalue weighted by atomic mass is 10.1. The molecule has 1 rings (SSSR count). The molecule has 0 spiro atoms. The molecule has 0 fully saturated rings. The maximum atomic E-state index is 5.96. The Morgan fingerprint density at radius 3 is 2.14 bits per heavy atom. The van der Waals surface area contributed by atoms with Gasteiger partial charge in [0.15, 0.2) is 0 Å². The largest absolute Gasteiger partial charge is 0.367 e. The second-order valence-corrected chi connectivity index (χ2v) is 6.63. The molecule has 1 aromatic rings. The number of aryl methyl sites for hydroxylation is 1. The summed E-state index contributed by atoms with van der Waals surface area (Å²) >= 11 is 0. The van der Waals surface area contributed by atoms with Gasteiger partial charge in [0, 0.05) is 14.2 Å². The van der Waals surface area contributed by atoms with Gasteiger partial charge in [0.2, 0.25) is 0 Å². The summed E-state index contributed by atoms with van der Waals surface area (Å²) in [7, 11) is 1.13. The number of rotatable bonds is 10. The highest BCUT2D eigenvalue weighted by Gasteiger charge is 2.24. The van der Waals surface area contributed by atoms with E-state index in [9.17, 15) is 0 Å². The summed E-state index contributed by atoms with van der Waals surface area (Å²) in [6.45, 7) is 4.40. The molecule has 2 atom stereocenters. The third-order valence-corrected chi connectivity index (χ3v) is 5.59.